The van der Waals surface area contributed by atoms with E-state index in [0.29, 0.717) is 12.0 Å². The fourth-order valence-electron chi connectivity index (χ4n) is 3.16. The van der Waals surface area contributed by atoms with Gasteiger partial charge in [-0.15, -0.1) is 10.2 Å². The molecule has 0 aromatic carbocycles. The number of alkyl carbamates (subject to hydrolysis) is 1. The van der Waals surface area contributed by atoms with Crippen molar-refractivity contribution >= 4 is 17.8 Å². The van der Waals surface area contributed by atoms with E-state index in [4.69, 9.17) is 9.15 Å². The molecule has 2 N–H and O–H groups in total. The van der Waals surface area contributed by atoms with Crippen LogP contribution in [0.25, 0.3) is 11.5 Å². The largest absolute Gasteiger partial charge is 0.436 e. The van der Waals surface area contributed by atoms with Gasteiger partial charge in [0.15, 0.2) is 6.10 Å². The van der Waals surface area contributed by atoms with Crippen molar-refractivity contribution in [1.82, 2.24) is 30.4 Å². The molecule has 3 heterocycles. The number of nitrogens with one attached hydrogen (secondary N) is 2. The number of carbonyl (C=O) groups excluding carboxylic acids is 3. The van der Waals surface area contributed by atoms with Crippen molar-refractivity contribution in [3.63, 3.8) is 0 Å². The Labute approximate surface area is 202 Å². The van der Waals surface area contributed by atoms with Gasteiger partial charge in [-0.1, -0.05) is 40.5 Å². The highest BCUT2D eigenvalue weighted by Gasteiger charge is 2.36. The fraction of sp³-hybridized carbons (Fsp3) is 0.435. The second-order valence-electron chi connectivity index (χ2n) is 8.93. The molecule has 12 nitrogen and oxygen atoms in total. The molecular weight excluding hydrogens is 454 g/mol. The summed E-state index contributed by atoms with van der Waals surface area (Å²) in [6.45, 7) is 7.48. The lowest BCUT2D eigenvalue weighted by Crippen LogP contribution is -2.47. The number of ketones is 1. The van der Waals surface area contributed by atoms with Gasteiger partial charge in [-0.3, -0.25) is 14.6 Å². The summed E-state index contributed by atoms with van der Waals surface area (Å²) in [5.41, 5.74) is 2.41. The summed E-state index contributed by atoms with van der Waals surface area (Å²) in [5, 5.41) is 14.5. The minimum absolute atomic E-state index is 0.104. The highest BCUT2D eigenvalue weighted by atomic mass is 16.6. The SMILES string of the molecule is CCCC[C@H](NC(=O)O[C@H](c1nnc(-c2ccncc2)o1)C(C)(C)C)C(=O)C(=O)Nn1cccn1. The molecule has 0 fully saturated rings. The first-order valence-electron chi connectivity index (χ1n) is 11.2. The molecule has 35 heavy (non-hydrogen) atoms. The average molecular weight is 484 g/mol. The van der Waals surface area contributed by atoms with Gasteiger partial charge in [0, 0.05) is 29.6 Å². The van der Waals surface area contributed by atoms with Crippen molar-refractivity contribution in [2.45, 2.75) is 59.1 Å². The lowest BCUT2D eigenvalue weighted by molar-refractivity contribution is -0.136. The highest BCUT2D eigenvalue weighted by Crippen LogP contribution is 2.36. The summed E-state index contributed by atoms with van der Waals surface area (Å²) in [5.74, 6) is -1.35. The van der Waals surface area contributed by atoms with Crippen molar-refractivity contribution < 1.29 is 23.5 Å². The maximum atomic E-state index is 12.8. The predicted octanol–water partition coefficient (Wildman–Crippen LogP) is 3.04. The van der Waals surface area contributed by atoms with Crippen LogP contribution in [0.15, 0.2) is 47.4 Å². The Hall–Kier alpha value is -4.09. The normalized spacial score (nSPS) is 13.0. The van der Waals surface area contributed by atoms with Gasteiger partial charge in [-0.05, 0) is 24.6 Å². The number of carbonyl (C=O) groups is 3. The van der Waals surface area contributed by atoms with E-state index in [1.54, 1.807) is 30.6 Å². The lowest BCUT2D eigenvalue weighted by atomic mass is 9.89. The number of aromatic nitrogens is 5. The van der Waals surface area contributed by atoms with Gasteiger partial charge in [-0.2, -0.15) is 9.89 Å². The topological polar surface area (TPSA) is 154 Å². The van der Waals surface area contributed by atoms with Gasteiger partial charge in [0.25, 0.3) is 5.89 Å². The Bertz CT molecular complexity index is 1120. The third-order valence-electron chi connectivity index (χ3n) is 5.00. The number of Topliss-reactive ketones (excluding diaryl/α,β-unsaturated/α-hetero) is 1. The second kappa shape index (κ2) is 11.4. The van der Waals surface area contributed by atoms with E-state index < -0.39 is 35.3 Å². The standard InChI is InChI=1S/C23H29N7O5/c1-5-6-8-16(17(31)19(32)29-30-14-7-11-25-30)26-22(33)34-18(23(2,3)4)21-28-27-20(35-21)15-9-12-24-13-10-15/h7,9-14,16,18H,5-6,8H2,1-4H3,(H,26,33)(H,29,32)/t16-,18+/m0/s1. The molecule has 3 rings (SSSR count). The van der Waals surface area contributed by atoms with E-state index in [1.165, 1.54) is 12.4 Å². The molecule has 2 atom stereocenters. The molecule has 0 spiro atoms. The van der Waals surface area contributed by atoms with E-state index in [-0.39, 0.29) is 18.2 Å². The van der Waals surface area contributed by atoms with E-state index in [9.17, 15) is 14.4 Å². The van der Waals surface area contributed by atoms with Gasteiger partial charge in [-0.25, -0.2) is 10.2 Å². The third kappa shape index (κ3) is 6.95. The van der Waals surface area contributed by atoms with Crippen LogP contribution in [0.2, 0.25) is 0 Å². The van der Waals surface area contributed by atoms with Gasteiger partial charge in [0.2, 0.25) is 11.7 Å². The first-order chi connectivity index (χ1) is 16.7. The molecule has 12 heteroatoms. The summed E-state index contributed by atoms with van der Waals surface area (Å²) >= 11 is 0. The fourth-order valence-corrected chi connectivity index (χ4v) is 3.16. The smallest absolute Gasteiger partial charge is 0.408 e. The lowest BCUT2D eigenvalue weighted by Gasteiger charge is -2.28. The van der Waals surface area contributed by atoms with E-state index in [1.807, 2.05) is 27.7 Å². The molecule has 0 aliphatic heterocycles. The summed E-state index contributed by atoms with van der Waals surface area (Å²) in [6, 6.07) is 3.96. The van der Waals surface area contributed by atoms with Crippen molar-refractivity contribution in [3.8, 4) is 11.5 Å². The van der Waals surface area contributed by atoms with Crippen molar-refractivity contribution in [2.24, 2.45) is 5.41 Å². The van der Waals surface area contributed by atoms with Crippen LogP contribution in [-0.4, -0.2) is 48.9 Å². The molecule has 186 valence electrons. The Morgan fingerprint density at radius 2 is 1.89 bits per heavy atom. The molecule has 0 radical (unpaired) electrons. The van der Waals surface area contributed by atoms with Crippen molar-refractivity contribution in [1.29, 1.82) is 0 Å². The maximum Gasteiger partial charge on any atom is 0.408 e. The Morgan fingerprint density at radius 3 is 2.51 bits per heavy atom. The first kappa shape index (κ1) is 25.5. The number of rotatable bonds is 10. The maximum absolute atomic E-state index is 12.8. The van der Waals surface area contributed by atoms with Crippen LogP contribution in [0.1, 0.15) is 59.0 Å². The summed E-state index contributed by atoms with van der Waals surface area (Å²) in [4.78, 5) is 43.0. The summed E-state index contributed by atoms with van der Waals surface area (Å²) in [7, 11) is 0. The van der Waals surface area contributed by atoms with Crippen molar-refractivity contribution in [2.75, 3.05) is 5.43 Å². The Balaban J connectivity index is 1.72. The first-order valence-corrected chi connectivity index (χ1v) is 11.2. The van der Waals surface area contributed by atoms with Crippen LogP contribution in [0.4, 0.5) is 4.79 Å². The predicted molar refractivity (Wildman–Crippen MR) is 124 cm³/mol. The zero-order valence-corrected chi connectivity index (χ0v) is 20.1. The van der Waals surface area contributed by atoms with E-state index >= 15 is 0 Å². The minimum atomic E-state index is -1.08. The van der Waals surface area contributed by atoms with Gasteiger partial charge < -0.3 is 14.5 Å². The van der Waals surface area contributed by atoms with Gasteiger partial charge in [0.05, 0.1) is 6.20 Å². The highest BCUT2D eigenvalue weighted by molar-refractivity contribution is 6.41. The molecule has 0 saturated heterocycles. The van der Waals surface area contributed by atoms with Crippen LogP contribution in [0.3, 0.4) is 0 Å². The monoisotopic (exact) mass is 483 g/mol. The minimum Gasteiger partial charge on any atom is -0.436 e. The van der Waals surface area contributed by atoms with Crippen LogP contribution in [-0.2, 0) is 14.3 Å². The molecule has 2 amide bonds. The quantitative estimate of drug-likeness (QED) is 0.414. The molecule has 3 aromatic rings. The zero-order valence-electron chi connectivity index (χ0n) is 20.1. The molecule has 0 saturated carbocycles. The number of hydrogen-bond donors (Lipinski definition) is 2. The van der Waals surface area contributed by atoms with Crippen LogP contribution >= 0.6 is 0 Å². The molecule has 0 bridgehead atoms. The molecule has 3 aromatic heterocycles. The number of amides is 2. The number of unbranched alkanes of at least 4 members (excludes halogenated alkanes) is 1. The van der Waals surface area contributed by atoms with Crippen LogP contribution in [0, 0.1) is 5.41 Å². The zero-order chi connectivity index (χ0) is 25.4. The van der Waals surface area contributed by atoms with E-state index in [0.717, 1.165) is 11.2 Å². The van der Waals surface area contributed by atoms with Gasteiger partial charge in [0.1, 0.15) is 6.04 Å². The average Bonchev–Trinajstić information content (AvgIpc) is 3.52. The molecule has 0 aliphatic rings. The summed E-state index contributed by atoms with van der Waals surface area (Å²) in [6.07, 6.45) is 6.00. The molecular formula is C23H29N7O5. The van der Waals surface area contributed by atoms with E-state index in [2.05, 4.69) is 31.0 Å². The van der Waals surface area contributed by atoms with Crippen LogP contribution < -0.4 is 10.7 Å². The second-order valence-corrected chi connectivity index (χ2v) is 8.93. The number of hydrogen-bond acceptors (Lipinski definition) is 9. The molecule has 0 aliphatic carbocycles. The van der Waals surface area contributed by atoms with Crippen LogP contribution in [0.5, 0.6) is 0 Å². The number of ether oxygens (including phenoxy) is 1. The van der Waals surface area contributed by atoms with Gasteiger partial charge >= 0.3 is 12.0 Å². The Morgan fingerprint density at radius 1 is 1.14 bits per heavy atom. The summed E-state index contributed by atoms with van der Waals surface area (Å²) < 4.78 is 11.4. The third-order valence-corrected chi connectivity index (χ3v) is 5.00. The Kier molecular flexibility index (Phi) is 8.29. The molecule has 0 unspecified atom stereocenters. The number of nitrogens with zero attached hydrogens (tertiary/aromatic N) is 5. The van der Waals surface area contributed by atoms with Crippen molar-refractivity contribution in [3.05, 3.63) is 48.9 Å². The number of pyridine rings is 1.